The molecule has 132 valence electrons. The summed E-state index contributed by atoms with van der Waals surface area (Å²) in [5, 5.41) is 11.4. The number of benzene rings is 1. The third-order valence-corrected chi connectivity index (χ3v) is 3.19. The minimum atomic E-state index is -4.56. The Kier molecular flexibility index (Phi) is 4.91. The topological polar surface area (TPSA) is 112 Å². The Labute approximate surface area is 138 Å². The van der Waals surface area contributed by atoms with Gasteiger partial charge in [-0.05, 0) is 24.6 Å². The number of aromatic amines is 1. The number of amides is 1. The van der Waals surface area contributed by atoms with Gasteiger partial charge in [-0.2, -0.15) is 13.2 Å². The number of hydrogen-bond acceptors (Lipinski definition) is 4. The highest BCUT2D eigenvalue weighted by atomic mass is 19.4. The van der Waals surface area contributed by atoms with Gasteiger partial charge >= 0.3 is 12.1 Å². The second-order valence-electron chi connectivity index (χ2n) is 5.08. The number of nitrogens with zero attached hydrogens (tertiary/aromatic N) is 1. The molecule has 0 bridgehead atoms. The van der Waals surface area contributed by atoms with Gasteiger partial charge in [-0.1, -0.05) is 12.1 Å². The highest BCUT2D eigenvalue weighted by Crippen LogP contribution is 2.30. The Morgan fingerprint density at radius 1 is 1.24 bits per heavy atom. The SMILES string of the molecule is Cc1nc(C(=O)NC(C(=O)O)c2ccc(C(F)(F)F)cc2)cc(=O)[nH]1. The quantitative estimate of drug-likeness (QED) is 0.772. The normalized spacial score (nSPS) is 12.5. The van der Waals surface area contributed by atoms with Gasteiger partial charge in [0.2, 0.25) is 0 Å². The van der Waals surface area contributed by atoms with Crippen molar-refractivity contribution in [2.45, 2.75) is 19.1 Å². The summed E-state index contributed by atoms with van der Waals surface area (Å²) < 4.78 is 37.7. The molecule has 2 rings (SSSR count). The maximum atomic E-state index is 12.6. The van der Waals surface area contributed by atoms with Gasteiger partial charge in [0.25, 0.3) is 11.5 Å². The van der Waals surface area contributed by atoms with Crippen LogP contribution in [0.4, 0.5) is 13.2 Å². The molecule has 0 saturated carbocycles. The minimum absolute atomic E-state index is 0.0598. The van der Waals surface area contributed by atoms with Gasteiger partial charge in [0.05, 0.1) is 5.56 Å². The summed E-state index contributed by atoms with van der Waals surface area (Å²) in [5.41, 5.74) is -1.91. The van der Waals surface area contributed by atoms with Crippen molar-refractivity contribution in [2.75, 3.05) is 0 Å². The number of carboxylic acid groups (broad SMARTS) is 1. The average Bonchev–Trinajstić information content (AvgIpc) is 2.50. The number of halogens is 3. The molecule has 10 heteroatoms. The van der Waals surface area contributed by atoms with E-state index >= 15 is 0 Å². The molecule has 0 aliphatic carbocycles. The third kappa shape index (κ3) is 4.43. The molecule has 3 N–H and O–H groups in total. The smallest absolute Gasteiger partial charge is 0.416 e. The first-order valence-electron chi connectivity index (χ1n) is 6.86. The van der Waals surface area contributed by atoms with Gasteiger partial charge < -0.3 is 15.4 Å². The number of aliphatic carboxylic acids is 1. The van der Waals surface area contributed by atoms with E-state index < -0.39 is 35.2 Å². The first-order chi connectivity index (χ1) is 11.6. The molecule has 7 nitrogen and oxygen atoms in total. The van der Waals surface area contributed by atoms with Crippen molar-refractivity contribution in [1.29, 1.82) is 0 Å². The predicted octanol–water partition coefficient (Wildman–Crippen LogP) is 1.65. The minimum Gasteiger partial charge on any atom is -0.479 e. The Balaban J connectivity index is 2.28. The molecule has 1 unspecified atom stereocenters. The largest absolute Gasteiger partial charge is 0.479 e. The van der Waals surface area contributed by atoms with E-state index in [0.29, 0.717) is 12.1 Å². The van der Waals surface area contributed by atoms with Crippen molar-refractivity contribution >= 4 is 11.9 Å². The van der Waals surface area contributed by atoms with Crippen molar-refractivity contribution in [1.82, 2.24) is 15.3 Å². The standard InChI is InChI=1S/C15H12F3N3O4/c1-7-19-10(6-11(22)20-7)13(23)21-12(14(24)25)8-2-4-9(5-3-8)15(16,17)18/h2-6,12H,1H3,(H,21,23)(H,24,25)(H,19,20,22). The van der Waals surface area contributed by atoms with Crippen LogP contribution < -0.4 is 10.9 Å². The molecule has 2 aromatic rings. The number of carbonyl (C=O) groups is 2. The van der Waals surface area contributed by atoms with Crippen LogP contribution in [-0.2, 0) is 11.0 Å². The summed E-state index contributed by atoms with van der Waals surface area (Å²) >= 11 is 0. The van der Waals surface area contributed by atoms with E-state index in [0.717, 1.165) is 18.2 Å². The van der Waals surface area contributed by atoms with Crippen molar-refractivity contribution in [3.63, 3.8) is 0 Å². The lowest BCUT2D eigenvalue weighted by Gasteiger charge is -2.15. The first kappa shape index (κ1) is 18.2. The Morgan fingerprint density at radius 2 is 1.84 bits per heavy atom. The zero-order chi connectivity index (χ0) is 18.8. The van der Waals surface area contributed by atoms with E-state index in [9.17, 15) is 32.7 Å². The summed E-state index contributed by atoms with van der Waals surface area (Å²) in [7, 11) is 0. The van der Waals surface area contributed by atoms with Crippen molar-refractivity contribution in [3.05, 3.63) is 63.3 Å². The molecule has 0 fully saturated rings. The summed E-state index contributed by atoms with van der Waals surface area (Å²) in [6.45, 7) is 1.43. The summed E-state index contributed by atoms with van der Waals surface area (Å²) in [6, 6.07) is 2.63. The van der Waals surface area contributed by atoms with Gasteiger partial charge in [-0.25, -0.2) is 9.78 Å². The van der Waals surface area contributed by atoms with Crippen LogP contribution in [0, 0.1) is 6.92 Å². The first-order valence-corrected chi connectivity index (χ1v) is 6.86. The predicted molar refractivity (Wildman–Crippen MR) is 78.9 cm³/mol. The lowest BCUT2D eigenvalue weighted by molar-refractivity contribution is -0.139. The molecule has 1 aromatic heterocycles. The van der Waals surface area contributed by atoms with Crippen LogP contribution in [0.25, 0.3) is 0 Å². The lowest BCUT2D eigenvalue weighted by atomic mass is 10.0. The molecule has 0 spiro atoms. The number of H-pyrrole nitrogens is 1. The second-order valence-corrected chi connectivity index (χ2v) is 5.08. The second kappa shape index (κ2) is 6.75. The Bertz CT molecular complexity index is 860. The molecular weight excluding hydrogens is 343 g/mol. The molecule has 25 heavy (non-hydrogen) atoms. The molecule has 1 aromatic carbocycles. The molecule has 0 saturated heterocycles. The molecule has 1 heterocycles. The molecular formula is C15H12F3N3O4. The van der Waals surface area contributed by atoms with Gasteiger partial charge in [-0.3, -0.25) is 9.59 Å². The van der Waals surface area contributed by atoms with E-state index in [1.165, 1.54) is 6.92 Å². The number of alkyl halides is 3. The summed E-state index contributed by atoms with van der Waals surface area (Å²) in [6.07, 6.45) is -4.56. The van der Waals surface area contributed by atoms with Crippen LogP contribution >= 0.6 is 0 Å². The fourth-order valence-corrected chi connectivity index (χ4v) is 2.05. The monoisotopic (exact) mass is 355 g/mol. The number of carboxylic acids is 1. The number of rotatable bonds is 4. The van der Waals surface area contributed by atoms with Crippen molar-refractivity contribution in [2.24, 2.45) is 0 Å². The zero-order valence-corrected chi connectivity index (χ0v) is 12.7. The zero-order valence-electron chi connectivity index (χ0n) is 12.7. The summed E-state index contributed by atoms with van der Waals surface area (Å²) in [5.74, 6) is -2.27. The van der Waals surface area contributed by atoms with Gasteiger partial charge in [0.15, 0.2) is 6.04 Å². The molecule has 0 radical (unpaired) electrons. The van der Waals surface area contributed by atoms with Crippen LogP contribution in [0.1, 0.15) is 33.5 Å². The maximum absolute atomic E-state index is 12.6. The van der Waals surface area contributed by atoms with E-state index in [1.807, 2.05) is 0 Å². The molecule has 0 aliphatic heterocycles. The highest BCUT2D eigenvalue weighted by Gasteiger charge is 2.31. The Hall–Kier alpha value is -3.17. The van der Waals surface area contributed by atoms with Crippen LogP contribution in [0.5, 0.6) is 0 Å². The number of aromatic nitrogens is 2. The number of aryl methyl sites for hydroxylation is 1. The third-order valence-electron chi connectivity index (χ3n) is 3.19. The number of nitrogens with one attached hydrogen (secondary N) is 2. The number of carbonyl (C=O) groups excluding carboxylic acids is 1. The molecule has 1 amide bonds. The van der Waals surface area contributed by atoms with Crippen LogP contribution in [-0.4, -0.2) is 27.0 Å². The van der Waals surface area contributed by atoms with Gasteiger partial charge in [-0.15, -0.1) is 0 Å². The maximum Gasteiger partial charge on any atom is 0.416 e. The van der Waals surface area contributed by atoms with Crippen molar-refractivity contribution in [3.8, 4) is 0 Å². The van der Waals surface area contributed by atoms with Crippen LogP contribution in [0.2, 0.25) is 0 Å². The van der Waals surface area contributed by atoms with E-state index in [1.54, 1.807) is 0 Å². The fourth-order valence-electron chi connectivity index (χ4n) is 2.05. The van der Waals surface area contributed by atoms with Crippen LogP contribution in [0.15, 0.2) is 35.1 Å². The summed E-state index contributed by atoms with van der Waals surface area (Å²) in [4.78, 5) is 40.9. The van der Waals surface area contributed by atoms with E-state index in [4.69, 9.17) is 0 Å². The number of hydrogen-bond donors (Lipinski definition) is 3. The molecule has 0 aliphatic rings. The fraction of sp³-hybridized carbons (Fsp3) is 0.200. The average molecular weight is 355 g/mol. The van der Waals surface area contributed by atoms with Gasteiger partial charge in [0, 0.05) is 6.07 Å². The highest BCUT2D eigenvalue weighted by molar-refractivity contribution is 5.95. The Morgan fingerprint density at radius 3 is 2.32 bits per heavy atom. The van der Waals surface area contributed by atoms with E-state index in [2.05, 4.69) is 15.3 Å². The van der Waals surface area contributed by atoms with Crippen LogP contribution in [0.3, 0.4) is 0 Å². The molecule has 1 atom stereocenters. The lowest BCUT2D eigenvalue weighted by Crippen LogP contribution is -2.35. The van der Waals surface area contributed by atoms with Gasteiger partial charge in [0.1, 0.15) is 11.5 Å². The van der Waals surface area contributed by atoms with Crippen molar-refractivity contribution < 1.29 is 27.9 Å². The van der Waals surface area contributed by atoms with E-state index in [-0.39, 0.29) is 17.1 Å².